The fourth-order valence-electron chi connectivity index (χ4n) is 2.08. The van der Waals surface area contributed by atoms with Crippen LogP contribution in [0.4, 0.5) is 15.3 Å². The molecule has 0 atom stereocenters. The predicted molar refractivity (Wildman–Crippen MR) is 102 cm³/mol. The molecule has 10 heteroatoms. The number of pyridine rings is 2. The Labute approximate surface area is 159 Å². The van der Waals surface area contributed by atoms with Crippen molar-refractivity contribution in [1.29, 1.82) is 0 Å². The number of thiazole rings is 1. The molecule has 3 rings (SSSR count). The van der Waals surface area contributed by atoms with Crippen LogP contribution >= 0.6 is 11.3 Å². The Morgan fingerprint density at radius 1 is 1.33 bits per heavy atom. The predicted octanol–water partition coefficient (Wildman–Crippen LogP) is 3.68. The molecule has 3 aromatic rings. The summed E-state index contributed by atoms with van der Waals surface area (Å²) in [6, 6.07) is 2.61. The summed E-state index contributed by atoms with van der Waals surface area (Å²) < 4.78 is 18.8. The summed E-state index contributed by atoms with van der Waals surface area (Å²) in [5, 5.41) is 4.94. The lowest BCUT2D eigenvalue weighted by molar-refractivity contribution is 0.102. The number of carbonyl (C=O) groups is 1. The number of amidine groups is 1. The van der Waals surface area contributed by atoms with Crippen LogP contribution in [0.2, 0.25) is 0 Å². The highest BCUT2D eigenvalue weighted by molar-refractivity contribution is 7.13. The molecular weight excluding hydrogens is 371 g/mol. The number of rotatable bonds is 5. The van der Waals surface area contributed by atoms with Gasteiger partial charge >= 0.3 is 0 Å². The molecule has 140 valence electrons. The number of hydrogen-bond acceptors (Lipinski definition) is 7. The molecule has 1 amide bonds. The van der Waals surface area contributed by atoms with Crippen LogP contribution in [0.25, 0.3) is 0 Å². The van der Waals surface area contributed by atoms with Gasteiger partial charge in [-0.3, -0.25) is 15.1 Å². The van der Waals surface area contributed by atoms with Crippen LogP contribution in [0.3, 0.4) is 0 Å². The molecule has 0 saturated heterocycles. The minimum absolute atomic E-state index is 0. The number of carbonyl (C=O) groups excluding carboxylic acids is 1. The van der Waals surface area contributed by atoms with E-state index in [1.54, 1.807) is 6.92 Å². The number of anilines is 1. The maximum atomic E-state index is 13.3. The second-order valence-corrected chi connectivity index (χ2v) is 6.34. The smallest absolute Gasteiger partial charge is 0.261 e. The highest BCUT2D eigenvalue weighted by atomic mass is 32.1. The minimum atomic E-state index is -0.544. The van der Waals surface area contributed by atoms with Crippen molar-refractivity contribution in [3.8, 4) is 11.5 Å². The Hall–Kier alpha value is -3.40. The maximum Gasteiger partial charge on any atom is 0.261 e. The summed E-state index contributed by atoms with van der Waals surface area (Å²) in [5.74, 6) is -0.256. The standard InChI is InChI=1S/C17H15FN6O2S.H2/c1-9-8-27-17(22-9)24-16(25)14-4-13(7-21-15(14)23-10(2)19)26-12-3-11(18)5-20-6-12;/h3-8H,1-2H3,(H2,19,21,23)(H,22,24,25);1H. The van der Waals surface area contributed by atoms with Crippen molar-refractivity contribution in [3.63, 3.8) is 0 Å². The zero-order chi connectivity index (χ0) is 19.4. The van der Waals surface area contributed by atoms with E-state index in [0.29, 0.717) is 5.13 Å². The Kier molecular flexibility index (Phi) is 5.36. The lowest BCUT2D eigenvalue weighted by Gasteiger charge is -2.09. The molecule has 0 unspecified atom stereocenters. The van der Waals surface area contributed by atoms with Crippen molar-refractivity contribution in [1.82, 2.24) is 15.0 Å². The average molecular weight is 388 g/mol. The summed E-state index contributed by atoms with van der Waals surface area (Å²) in [5.41, 5.74) is 6.54. The molecule has 0 aliphatic heterocycles. The van der Waals surface area contributed by atoms with E-state index in [2.05, 4.69) is 25.3 Å². The first-order valence-corrected chi connectivity index (χ1v) is 8.61. The van der Waals surface area contributed by atoms with Crippen LogP contribution in [0.15, 0.2) is 41.1 Å². The third kappa shape index (κ3) is 4.82. The first-order valence-electron chi connectivity index (χ1n) is 7.73. The third-order valence-electron chi connectivity index (χ3n) is 3.12. The van der Waals surface area contributed by atoms with Gasteiger partial charge in [0.25, 0.3) is 5.91 Å². The Morgan fingerprint density at radius 2 is 2.11 bits per heavy atom. The van der Waals surface area contributed by atoms with E-state index in [0.717, 1.165) is 11.9 Å². The number of hydrogen-bond donors (Lipinski definition) is 2. The highest BCUT2D eigenvalue weighted by Crippen LogP contribution is 2.27. The zero-order valence-electron chi connectivity index (χ0n) is 14.4. The van der Waals surface area contributed by atoms with E-state index >= 15 is 0 Å². The topological polar surface area (TPSA) is 115 Å². The van der Waals surface area contributed by atoms with Gasteiger partial charge in [-0.25, -0.2) is 19.4 Å². The number of nitrogens with one attached hydrogen (secondary N) is 1. The maximum absolute atomic E-state index is 13.3. The quantitative estimate of drug-likeness (QED) is 0.509. The Balaban J connectivity index is 0.00000280. The molecule has 0 aliphatic rings. The first-order chi connectivity index (χ1) is 12.9. The van der Waals surface area contributed by atoms with E-state index in [1.165, 1.54) is 35.9 Å². The average Bonchev–Trinajstić information content (AvgIpc) is 3.00. The lowest BCUT2D eigenvalue weighted by Crippen LogP contribution is -2.13. The van der Waals surface area contributed by atoms with Gasteiger partial charge in [-0.15, -0.1) is 11.3 Å². The van der Waals surface area contributed by atoms with Crippen LogP contribution < -0.4 is 15.8 Å². The van der Waals surface area contributed by atoms with E-state index in [1.807, 2.05) is 12.3 Å². The summed E-state index contributed by atoms with van der Waals surface area (Å²) in [6.45, 7) is 3.40. The molecule has 0 spiro atoms. The number of nitrogens with zero attached hydrogens (tertiary/aromatic N) is 4. The molecule has 0 aromatic carbocycles. The number of aliphatic imine (C=N–C) groups is 1. The summed E-state index contributed by atoms with van der Waals surface area (Å²) in [7, 11) is 0. The van der Waals surface area contributed by atoms with E-state index in [-0.39, 0.29) is 30.1 Å². The largest absolute Gasteiger partial charge is 0.454 e. The van der Waals surface area contributed by atoms with Crippen LogP contribution in [-0.2, 0) is 0 Å². The monoisotopic (exact) mass is 388 g/mol. The molecule has 27 heavy (non-hydrogen) atoms. The molecule has 0 aliphatic carbocycles. The van der Waals surface area contributed by atoms with Gasteiger partial charge in [0.15, 0.2) is 10.9 Å². The minimum Gasteiger partial charge on any atom is -0.454 e. The summed E-state index contributed by atoms with van der Waals surface area (Å²) in [4.78, 5) is 28.7. The molecule has 0 radical (unpaired) electrons. The summed E-state index contributed by atoms with van der Waals surface area (Å²) in [6.07, 6.45) is 3.76. The van der Waals surface area contributed by atoms with Crippen LogP contribution in [0.1, 0.15) is 24.4 Å². The molecular formula is C17H17FN6O2S. The van der Waals surface area contributed by atoms with Crippen molar-refractivity contribution in [2.75, 3.05) is 5.32 Å². The number of aromatic nitrogens is 3. The number of aryl methyl sites for hydroxylation is 1. The van der Waals surface area contributed by atoms with Gasteiger partial charge in [-0.1, -0.05) is 0 Å². The SMILES string of the molecule is C/C(N)=N/c1ncc(Oc2cncc(F)c2)cc1C(=O)Nc1nc(C)cs1.[HH]. The molecule has 3 N–H and O–H groups in total. The van der Waals surface area contributed by atoms with Crippen molar-refractivity contribution in [2.24, 2.45) is 10.7 Å². The van der Waals surface area contributed by atoms with Gasteiger partial charge in [0.05, 0.1) is 35.7 Å². The van der Waals surface area contributed by atoms with Crippen molar-refractivity contribution in [3.05, 3.63) is 53.2 Å². The van der Waals surface area contributed by atoms with Gasteiger partial charge in [0.2, 0.25) is 0 Å². The molecule has 3 heterocycles. The van der Waals surface area contributed by atoms with Gasteiger partial charge in [0, 0.05) is 12.9 Å². The molecule has 0 saturated carbocycles. The van der Waals surface area contributed by atoms with Crippen LogP contribution in [0.5, 0.6) is 11.5 Å². The van der Waals surface area contributed by atoms with Gasteiger partial charge < -0.3 is 10.5 Å². The fraction of sp³-hybridized carbons (Fsp3) is 0.118. The number of ether oxygens (including phenoxy) is 1. The van der Waals surface area contributed by atoms with E-state index < -0.39 is 11.7 Å². The Morgan fingerprint density at radius 3 is 2.78 bits per heavy atom. The van der Waals surface area contributed by atoms with E-state index in [4.69, 9.17) is 10.5 Å². The van der Waals surface area contributed by atoms with Gasteiger partial charge in [0.1, 0.15) is 17.3 Å². The molecule has 8 nitrogen and oxygen atoms in total. The van der Waals surface area contributed by atoms with Crippen molar-refractivity contribution in [2.45, 2.75) is 13.8 Å². The highest BCUT2D eigenvalue weighted by Gasteiger charge is 2.16. The second kappa shape index (κ2) is 7.87. The van der Waals surface area contributed by atoms with Crippen LogP contribution in [-0.4, -0.2) is 26.7 Å². The molecule has 0 bridgehead atoms. The Bertz CT molecular complexity index is 1020. The second-order valence-electron chi connectivity index (χ2n) is 5.48. The third-order valence-corrected chi connectivity index (χ3v) is 4.00. The van der Waals surface area contributed by atoms with Gasteiger partial charge in [-0.05, 0) is 19.9 Å². The fourth-order valence-corrected chi connectivity index (χ4v) is 2.76. The zero-order valence-corrected chi connectivity index (χ0v) is 15.2. The lowest BCUT2D eigenvalue weighted by atomic mass is 10.2. The van der Waals surface area contributed by atoms with Crippen molar-refractivity contribution < 1.29 is 15.3 Å². The van der Waals surface area contributed by atoms with Gasteiger partial charge in [-0.2, -0.15) is 0 Å². The normalized spacial score (nSPS) is 11.3. The van der Waals surface area contributed by atoms with Crippen molar-refractivity contribution >= 4 is 34.0 Å². The number of nitrogens with two attached hydrogens (primary N) is 1. The first kappa shape index (κ1) is 18.4. The van der Waals surface area contributed by atoms with Crippen LogP contribution in [0, 0.1) is 12.7 Å². The number of halogens is 1. The molecule has 0 fully saturated rings. The molecule has 3 aromatic heterocycles. The summed E-state index contributed by atoms with van der Waals surface area (Å²) >= 11 is 1.30. The van der Waals surface area contributed by atoms with E-state index in [9.17, 15) is 9.18 Å². The number of amides is 1.